The quantitative estimate of drug-likeness (QED) is 0.700. The van der Waals surface area contributed by atoms with Gasteiger partial charge in [0.05, 0.1) is 31.1 Å². The van der Waals surface area contributed by atoms with Gasteiger partial charge < -0.3 is 19.7 Å². The molecule has 0 aliphatic heterocycles. The van der Waals surface area contributed by atoms with Crippen molar-refractivity contribution in [3.05, 3.63) is 18.1 Å². The third kappa shape index (κ3) is 5.22. The lowest BCUT2D eigenvalue weighted by atomic mass is 10.3. The molecule has 0 aromatic carbocycles. The van der Waals surface area contributed by atoms with Gasteiger partial charge in [0.25, 0.3) is 0 Å². The summed E-state index contributed by atoms with van der Waals surface area (Å²) in [6, 6.07) is 0.901. The average Bonchev–Trinajstić information content (AvgIpc) is 3.31. The van der Waals surface area contributed by atoms with Gasteiger partial charge in [0.2, 0.25) is 0 Å². The SMILES string of the molecule is COCCN(c1cncc(CNC2CC2)n1)C(C)COC. The van der Waals surface area contributed by atoms with E-state index in [1.165, 1.54) is 12.8 Å². The molecule has 0 radical (unpaired) electrons. The van der Waals surface area contributed by atoms with Crippen LogP contribution >= 0.6 is 0 Å². The normalized spacial score (nSPS) is 16.0. The Morgan fingerprint density at radius 3 is 2.81 bits per heavy atom. The highest BCUT2D eigenvalue weighted by Crippen LogP contribution is 2.19. The van der Waals surface area contributed by atoms with Crippen molar-refractivity contribution in [2.24, 2.45) is 0 Å². The lowest BCUT2D eigenvalue weighted by Gasteiger charge is -2.29. The second-order valence-electron chi connectivity index (χ2n) is 5.51. The molecule has 1 saturated carbocycles. The van der Waals surface area contributed by atoms with E-state index in [0.29, 0.717) is 19.3 Å². The average molecular weight is 294 g/mol. The fraction of sp³-hybridized carbons (Fsp3) is 0.733. The minimum Gasteiger partial charge on any atom is -0.383 e. The monoisotopic (exact) mass is 294 g/mol. The van der Waals surface area contributed by atoms with Gasteiger partial charge in [-0.1, -0.05) is 0 Å². The van der Waals surface area contributed by atoms with E-state index in [2.05, 4.69) is 22.1 Å². The summed E-state index contributed by atoms with van der Waals surface area (Å²) in [6.07, 6.45) is 6.19. The third-order valence-electron chi connectivity index (χ3n) is 3.59. The molecular formula is C15H26N4O2. The summed E-state index contributed by atoms with van der Waals surface area (Å²) >= 11 is 0. The molecule has 1 aliphatic rings. The summed E-state index contributed by atoms with van der Waals surface area (Å²) in [5.74, 6) is 0.881. The van der Waals surface area contributed by atoms with Crippen LogP contribution in [0, 0.1) is 0 Å². The first-order chi connectivity index (χ1) is 10.2. The Bertz CT molecular complexity index is 426. The molecule has 1 aromatic rings. The van der Waals surface area contributed by atoms with Gasteiger partial charge in [0, 0.05) is 39.5 Å². The maximum atomic E-state index is 5.26. The Morgan fingerprint density at radius 2 is 2.14 bits per heavy atom. The number of hydrogen-bond acceptors (Lipinski definition) is 6. The van der Waals surface area contributed by atoms with Crippen LogP contribution in [0.4, 0.5) is 5.82 Å². The molecular weight excluding hydrogens is 268 g/mol. The van der Waals surface area contributed by atoms with Crippen LogP contribution in [0.5, 0.6) is 0 Å². The number of hydrogen-bond donors (Lipinski definition) is 1. The highest BCUT2D eigenvalue weighted by Gasteiger charge is 2.21. The summed E-state index contributed by atoms with van der Waals surface area (Å²) in [5.41, 5.74) is 0.978. The van der Waals surface area contributed by atoms with Crippen LogP contribution in [0.15, 0.2) is 12.4 Å². The predicted octanol–water partition coefficient (Wildman–Crippen LogP) is 1.22. The highest BCUT2D eigenvalue weighted by molar-refractivity contribution is 5.37. The van der Waals surface area contributed by atoms with E-state index in [-0.39, 0.29) is 6.04 Å². The summed E-state index contributed by atoms with van der Waals surface area (Å²) < 4.78 is 10.5. The zero-order chi connectivity index (χ0) is 15.1. The summed E-state index contributed by atoms with van der Waals surface area (Å²) in [4.78, 5) is 11.2. The Morgan fingerprint density at radius 1 is 1.33 bits per heavy atom. The topological polar surface area (TPSA) is 59.5 Å². The van der Waals surface area contributed by atoms with E-state index in [9.17, 15) is 0 Å². The number of methoxy groups -OCH3 is 2. The highest BCUT2D eigenvalue weighted by atomic mass is 16.5. The lowest BCUT2D eigenvalue weighted by Crippen LogP contribution is -2.39. The van der Waals surface area contributed by atoms with Crippen LogP contribution < -0.4 is 10.2 Å². The number of rotatable bonds is 10. The lowest BCUT2D eigenvalue weighted by molar-refractivity contribution is 0.170. The zero-order valence-electron chi connectivity index (χ0n) is 13.2. The van der Waals surface area contributed by atoms with Gasteiger partial charge in [-0.25, -0.2) is 4.98 Å². The number of nitrogens with one attached hydrogen (secondary N) is 1. The minimum atomic E-state index is 0.228. The predicted molar refractivity (Wildman–Crippen MR) is 82.5 cm³/mol. The number of nitrogens with zero attached hydrogens (tertiary/aromatic N) is 3. The molecule has 1 unspecified atom stereocenters. The second-order valence-corrected chi connectivity index (χ2v) is 5.51. The molecule has 1 N–H and O–H groups in total. The minimum absolute atomic E-state index is 0.228. The molecule has 0 spiro atoms. The van der Waals surface area contributed by atoms with Crippen LogP contribution in [-0.2, 0) is 16.0 Å². The van der Waals surface area contributed by atoms with Gasteiger partial charge in [-0.05, 0) is 19.8 Å². The van der Waals surface area contributed by atoms with Gasteiger partial charge in [0.1, 0.15) is 5.82 Å². The van der Waals surface area contributed by atoms with Gasteiger partial charge in [-0.15, -0.1) is 0 Å². The molecule has 1 heterocycles. The van der Waals surface area contributed by atoms with E-state index in [0.717, 1.165) is 24.6 Å². The maximum absolute atomic E-state index is 5.26. The molecule has 1 fully saturated rings. The van der Waals surface area contributed by atoms with Crippen molar-refractivity contribution in [2.75, 3.05) is 38.9 Å². The van der Waals surface area contributed by atoms with Crippen molar-refractivity contribution < 1.29 is 9.47 Å². The Labute approximate surface area is 126 Å². The van der Waals surface area contributed by atoms with E-state index in [4.69, 9.17) is 14.5 Å². The van der Waals surface area contributed by atoms with Crippen molar-refractivity contribution >= 4 is 5.82 Å². The molecule has 1 atom stereocenters. The summed E-state index contributed by atoms with van der Waals surface area (Å²) in [6.45, 7) is 4.98. The van der Waals surface area contributed by atoms with E-state index in [1.54, 1.807) is 14.2 Å². The van der Waals surface area contributed by atoms with Gasteiger partial charge in [-0.2, -0.15) is 0 Å². The Hall–Kier alpha value is -1.24. The Balaban J connectivity index is 2.03. The molecule has 6 nitrogen and oxygen atoms in total. The van der Waals surface area contributed by atoms with Gasteiger partial charge >= 0.3 is 0 Å². The zero-order valence-corrected chi connectivity index (χ0v) is 13.2. The largest absolute Gasteiger partial charge is 0.383 e. The molecule has 0 amide bonds. The number of anilines is 1. The van der Waals surface area contributed by atoms with Crippen LogP contribution in [0.25, 0.3) is 0 Å². The van der Waals surface area contributed by atoms with E-state index in [1.807, 2.05) is 12.4 Å². The van der Waals surface area contributed by atoms with Crippen LogP contribution in [0.1, 0.15) is 25.5 Å². The van der Waals surface area contributed by atoms with Crippen molar-refractivity contribution in [3.63, 3.8) is 0 Å². The molecule has 0 saturated heterocycles. The number of aromatic nitrogens is 2. The fourth-order valence-corrected chi connectivity index (χ4v) is 2.24. The van der Waals surface area contributed by atoms with Crippen molar-refractivity contribution in [3.8, 4) is 0 Å². The molecule has 6 heteroatoms. The number of ether oxygens (including phenoxy) is 2. The molecule has 1 aromatic heterocycles. The first-order valence-electron chi connectivity index (χ1n) is 7.53. The summed E-state index contributed by atoms with van der Waals surface area (Å²) in [5, 5.41) is 3.47. The molecule has 0 bridgehead atoms. The molecule has 21 heavy (non-hydrogen) atoms. The van der Waals surface area contributed by atoms with Crippen molar-refractivity contribution in [2.45, 2.75) is 38.4 Å². The Kier molecular flexibility index (Phi) is 6.35. The first-order valence-corrected chi connectivity index (χ1v) is 7.53. The van der Waals surface area contributed by atoms with Gasteiger partial charge in [0.15, 0.2) is 0 Å². The molecule has 2 rings (SSSR count). The van der Waals surface area contributed by atoms with Crippen LogP contribution in [-0.4, -0.2) is 56.0 Å². The fourth-order valence-electron chi connectivity index (χ4n) is 2.24. The van der Waals surface area contributed by atoms with Gasteiger partial charge in [-0.3, -0.25) is 4.98 Å². The smallest absolute Gasteiger partial charge is 0.147 e. The van der Waals surface area contributed by atoms with Crippen LogP contribution in [0.3, 0.4) is 0 Å². The molecule has 1 aliphatic carbocycles. The second kappa shape index (κ2) is 8.26. The van der Waals surface area contributed by atoms with Crippen molar-refractivity contribution in [1.29, 1.82) is 0 Å². The van der Waals surface area contributed by atoms with E-state index < -0.39 is 0 Å². The summed E-state index contributed by atoms with van der Waals surface area (Å²) in [7, 11) is 3.42. The van der Waals surface area contributed by atoms with E-state index >= 15 is 0 Å². The molecule has 118 valence electrons. The third-order valence-corrected chi connectivity index (χ3v) is 3.59. The maximum Gasteiger partial charge on any atom is 0.147 e. The van der Waals surface area contributed by atoms with Crippen LogP contribution in [0.2, 0.25) is 0 Å². The standard InChI is InChI=1S/C15H26N4O2/c1-12(11-21-3)19(6-7-20-2)15-10-16-8-14(18-15)9-17-13-4-5-13/h8,10,12-13,17H,4-7,9,11H2,1-3H3. The first kappa shape index (κ1) is 16.1. The van der Waals surface area contributed by atoms with Crippen molar-refractivity contribution in [1.82, 2.24) is 15.3 Å².